The standard InChI is InChI=1S/C16H28N2O2/c17-11-13-8-9-15(20-13)16(19)18-10-4-7-14(18)12-5-2-1-3-6-12/h12-15H,1-11,17H2/t13-,14?,15+/m1/s1. The molecular formula is C16H28N2O2. The Hall–Kier alpha value is -0.610. The Labute approximate surface area is 122 Å². The van der Waals surface area contributed by atoms with E-state index in [9.17, 15) is 4.79 Å². The molecule has 1 amide bonds. The monoisotopic (exact) mass is 280 g/mol. The van der Waals surface area contributed by atoms with E-state index in [1.54, 1.807) is 0 Å². The van der Waals surface area contributed by atoms with Crippen LogP contribution in [0.5, 0.6) is 0 Å². The average molecular weight is 280 g/mol. The minimum Gasteiger partial charge on any atom is -0.364 e. The number of amides is 1. The van der Waals surface area contributed by atoms with Gasteiger partial charge in [-0.25, -0.2) is 0 Å². The molecule has 2 heterocycles. The molecule has 3 atom stereocenters. The Kier molecular flexibility index (Phi) is 4.61. The van der Waals surface area contributed by atoms with E-state index in [2.05, 4.69) is 4.90 Å². The van der Waals surface area contributed by atoms with Crippen molar-refractivity contribution in [2.75, 3.05) is 13.1 Å². The summed E-state index contributed by atoms with van der Waals surface area (Å²) in [5.41, 5.74) is 5.64. The minimum atomic E-state index is -0.215. The number of carbonyl (C=O) groups excluding carboxylic acids is 1. The largest absolute Gasteiger partial charge is 0.364 e. The number of likely N-dealkylation sites (tertiary alicyclic amines) is 1. The van der Waals surface area contributed by atoms with Crippen LogP contribution in [0.15, 0.2) is 0 Å². The third kappa shape index (κ3) is 2.86. The number of rotatable bonds is 3. The zero-order valence-electron chi connectivity index (χ0n) is 12.4. The van der Waals surface area contributed by atoms with Crippen molar-refractivity contribution in [3.8, 4) is 0 Å². The van der Waals surface area contributed by atoms with Crippen molar-refractivity contribution in [3.63, 3.8) is 0 Å². The lowest BCUT2D eigenvalue weighted by Crippen LogP contribution is -2.45. The summed E-state index contributed by atoms with van der Waals surface area (Å²) in [5.74, 6) is 0.982. The van der Waals surface area contributed by atoms with Gasteiger partial charge in [-0.05, 0) is 44.4 Å². The minimum absolute atomic E-state index is 0.0969. The molecule has 0 aromatic heterocycles. The molecule has 4 heteroatoms. The van der Waals surface area contributed by atoms with Crippen LogP contribution in [-0.4, -0.2) is 42.1 Å². The van der Waals surface area contributed by atoms with Gasteiger partial charge < -0.3 is 15.4 Å². The van der Waals surface area contributed by atoms with Crippen LogP contribution < -0.4 is 5.73 Å². The highest BCUT2D eigenvalue weighted by Gasteiger charge is 2.40. The molecule has 2 saturated heterocycles. The zero-order chi connectivity index (χ0) is 13.9. The molecule has 114 valence electrons. The number of nitrogens with zero attached hydrogens (tertiary/aromatic N) is 1. The van der Waals surface area contributed by atoms with Gasteiger partial charge in [-0.2, -0.15) is 0 Å². The normalized spacial score (nSPS) is 35.6. The first-order chi connectivity index (χ1) is 9.79. The molecular weight excluding hydrogens is 252 g/mol. The van der Waals surface area contributed by atoms with Gasteiger partial charge in [0.15, 0.2) is 0 Å². The van der Waals surface area contributed by atoms with Crippen LogP contribution in [0.2, 0.25) is 0 Å². The van der Waals surface area contributed by atoms with Gasteiger partial charge in [0.05, 0.1) is 6.10 Å². The first-order valence-electron chi connectivity index (χ1n) is 8.45. The van der Waals surface area contributed by atoms with Crippen LogP contribution in [-0.2, 0) is 9.53 Å². The van der Waals surface area contributed by atoms with Crippen LogP contribution in [0.25, 0.3) is 0 Å². The van der Waals surface area contributed by atoms with E-state index in [1.165, 1.54) is 44.9 Å². The number of hydrogen-bond acceptors (Lipinski definition) is 3. The van der Waals surface area contributed by atoms with E-state index >= 15 is 0 Å². The molecule has 0 radical (unpaired) electrons. The van der Waals surface area contributed by atoms with E-state index in [0.29, 0.717) is 12.6 Å². The van der Waals surface area contributed by atoms with Crippen LogP contribution in [0, 0.1) is 5.92 Å². The van der Waals surface area contributed by atoms with Crippen LogP contribution in [0.1, 0.15) is 57.8 Å². The first-order valence-corrected chi connectivity index (χ1v) is 8.45. The Balaban J connectivity index is 1.61. The highest BCUT2D eigenvalue weighted by Crippen LogP contribution is 2.35. The number of hydrogen-bond donors (Lipinski definition) is 1. The van der Waals surface area contributed by atoms with Gasteiger partial charge in [-0.1, -0.05) is 19.3 Å². The Morgan fingerprint density at radius 3 is 2.55 bits per heavy atom. The van der Waals surface area contributed by atoms with Crippen molar-refractivity contribution in [1.29, 1.82) is 0 Å². The van der Waals surface area contributed by atoms with Gasteiger partial charge in [0.2, 0.25) is 0 Å². The summed E-state index contributed by atoms with van der Waals surface area (Å²) in [5, 5.41) is 0. The summed E-state index contributed by atoms with van der Waals surface area (Å²) in [6.07, 6.45) is 10.7. The lowest BCUT2D eigenvalue weighted by molar-refractivity contribution is -0.144. The number of nitrogens with two attached hydrogens (primary N) is 1. The second-order valence-corrected chi connectivity index (χ2v) is 6.70. The molecule has 20 heavy (non-hydrogen) atoms. The predicted octanol–water partition coefficient (Wildman–Crippen LogP) is 2.06. The molecule has 0 aromatic rings. The second-order valence-electron chi connectivity index (χ2n) is 6.70. The third-order valence-corrected chi connectivity index (χ3v) is 5.42. The maximum absolute atomic E-state index is 12.7. The van der Waals surface area contributed by atoms with Gasteiger partial charge in [0.1, 0.15) is 6.10 Å². The number of carbonyl (C=O) groups is 1. The highest BCUT2D eigenvalue weighted by atomic mass is 16.5. The molecule has 0 bridgehead atoms. The highest BCUT2D eigenvalue weighted by molar-refractivity contribution is 5.81. The van der Waals surface area contributed by atoms with E-state index < -0.39 is 0 Å². The van der Waals surface area contributed by atoms with Gasteiger partial charge in [0, 0.05) is 19.1 Å². The van der Waals surface area contributed by atoms with Crippen molar-refractivity contribution in [2.24, 2.45) is 11.7 Å². The zero-order valence-corrected chi connectivity index (χ0v) is 12.4. The summed E-state index contributed by atoms with van der Waals surface area (Å²) < 4.78 is 5.80. The van der Waals surface area contributed by atoms with Crippen LogP contribution >= 0.6 is 0 Å². The maximum atomic E-state index is 12.7. The predicted molar refractivity (Wildman–Crippen MR) is 78.3 cm³/mol. The van der Waals surface area contributed by atoms with Gasteiger partial charge >= 0.3 is 0 Å². The summed E-state index contributed by atoms with van der Waals surface area (Å²) in [6.45, 7) is 1.48. The fourth-order valence-electron chi connectivity index (χ4n) is 4.32. The Morgan fingerprint density at radius 2 is 1.85 bits per heavy atom. The van der Waals surface area contributed by atoms with E-state index in [-0.39, 0.29) is 18.1 Å². The smallest absolute Gasteiger partial charge is 0.251 e. The van der Waals surface area contributed by atoms with Crippen molar-refractivity contribution >= 4 is 5.91 Å². The molecule has 4 nitrogen and oxygen atoms in total. The SMILES string of the molecule is NC[C@H]1CC[C@@H](C(=O)N2CCCC2C2CCCCC2)O1. The molecule has 1 unspecified atom stereocenters. The molecule has 3 fully saturated rings. The van der Waals surface area contributed by atoms with Crippen molar-refractivity contribution < 1.29 is 9.53 Å². The van der Waals surface area contributed by atoms with Gasteiger partial charge in [0.25, 0.3) is 5.91 Å². The third-order valence-electron chi connectivity index (χ3n) is 5.42. The molecule has 3 rings (SSSR count). The van der Waals surface area contributed by atoms with Gasteiger partial charge in [-0.3, -0.25) is 4.79 Å². The fourth-order valence-corrected chi connectivity index (χ4v) is 4.32. The van der Waals surface area contributed by atoms with E-state index in [4.69, 9.17) is 10.5 Å². The maximum Gasteiger partial charge on any atom is 0.251 e. The average Bonchev–Trinajstić information content (AvgIpc) is 3.16. The van der Waals surface area contributed by atoms with Crippen molar-refractivity contribution in [1.82, 2.24) is 4.90 Å². The molecule has 0 spiro atoms. The molecule has 1 aliphatic carbocycles. The lowest BCUT2D eigenvalue weighted by atomic mass is 9.83. The fraction of sp³-hybridized carbons (Fsp3) is 0.938. The molecule has 1 saturated carbocycles. The first kappa shape index (κ1) is 14.3. The number of ether oxygens (including phenoxy) is 1. The van der Waals surface area contributed by atoms with E-state index in [0.717, 1.165) is 25.3 Å². The quantitative estimate of drug-likeness (QED) is 0.861. The molecule has 2 N–H and O–H groups in total. The van der Waals surface area contributed by atoms with Crippen molar-refractivity contribution in [3.05, 3.63) is 0 Å². The van der Waals surface area contributed by atoms with E-state index in [1.807, 2.05) is 0 Å². The molecule has 0 aromatic carbocycles. The lowest BCUT2D eigenvalue weighted by Gasteiger charge is -2.35. The van der Waals surface area contributed by atoms with Crippen molar-refractivity contribution in [2.45, 2.75) is 76.0 Å². The molecule has 2 aliphatic heterocycles. The summed E-state index contributed by atoms with van der Waals surface area (Å²) in [7, 11) is 0. The van der Waals surface area contributed by atoms with Gasteiger partial charge in [-0.15, -0.1) is 0 Å². The topological polar surface area (TPSA) is 55.6 Å². The summed E-state index contributed by atoms with van der Waals surface area (Å²) in [4.78, 5) is 14.9. The Bertz CT molecular complexity index is 341. The van der Waals surface area contributed by atoms with Crippen LogP contribution in [0.4, 0.5) is 0 Å². The second kappa shape index (κ2) is 6.44. The Morgan fingerprint density at radius 1 is 1.05 bits per heavy atom. The summed E-state index contributed by atoms with van der Waals surface area (Å²) >= 11 is 0. The summed E-state index contributed by atoms with van der Waals surface area (Å²) in [6, 6.07) is 0.489. The van der Waals surface area contributed by atoms with Crippen LogP contribution in [0.3, 0.4) is 0 Å². The molecule has 3 aliphatic rings.